The van der Waals surface area contributed by atoms with Crippen LogP contribution in [0.15, 0.2) is 30.5 Å². The molecule has 0 radical (unpaired) electrons. The molecule has 3 N–H and O–H groups in total. The Morgan fingerprint density at radius 1 is 1.39 bits per heavy atom. The Morgan fingerprint density at radius 2 is 2.22 bits per heavy atom. The number of nitrogens with zero attached hydrogens (tertiary/aromatic N) is 1. The molecule has 3 nitrogen and oxygen atoms in total. The van der Waals surface area contributed by atoms with Crippen LogP contribution in [0.4, 0.5) is 5.69 Å². The summed E-state index contributed by atoms with van der Waals surface area (Å²) in [6, 6.07) is 8.17. The summed E-state index contributed by atoms with van der Waals surface area (Å²) in [7, 11) is 0. The van der Waals surface area contributed by atoms with Crippen molar-refractivity contribution in [3.63, 3.8) is 0 Å². The molecule has 96 valence electrons. The lowest BCUT2D eigenvalue weighted by Gasteiger charge is -2.16. The molecule has 0 aliphatic carbocycles. The Bertz CT molecular complexity index is 527. The van der Waals surface area contributed by atoms with Crippen LogP contribution in [-0.4, -0.2) is 17.6 Å². The van der Waals surface area contributed by atoms with E-state index in [1.807, 2.05) is 24.3 Å². The first kappa shape index (κ1) is 13.1. The quantitative estimate of drug-likeness (QED) is 0.869. The number of fused-ring (bicyclic) bond motifs is 1. The van der Waals surface area contributed by atoms with E-state index in [-0.39, 0.29) is 0 Å². The van der Waals surface area contributed by atoms with E-state index >= 15 is 0 Å². The molecule has 0 amide bonds. The number of rotatable bonds is 5. The molecule has 0 spiro atoms. The van der Waals surface area contributed by atoms with E-state index in [0.717, 1.165) is 36.0 Å². The molecule has 1 atom stereocenters. The Morgan fingerprint density at radius 3 is 3.00 bits per heavy atom. The van der Waals surface area contributed by atoms with Crippen molar-refractivity contribution in [2.24, 2.45) is 5.73 Å². The Hall–Kier alpha value is -1.32. The maximum atomic E-state index is 5.97. The lowest BCUT2D eigenvalue weighted by atomic mass is 10.1. The summed E-state index contributed by atoms with van der Waals surface area (Å²) in [6.07, 6.45) is 3.90. The van der Waals surface area contributed by atoms with E-state index in [4.69, 9.17) is 17.3 Å². The molecule has 2 aromatic rings. The minimum atomic E-state index is 0.398. The predicted octanol–water partition coefficient (Wildman–Crippen LogP) is 3.43. The summed E-state index contributed by atoms with van der Waals surface area (Å²) in [4.78, 5) is 4.33. The van der Waals surface area contributed by atoms with Gasteiger partial charge in [-0.2, -0.15) is 0 Å². The number of anilines is 1. The van der Waals surface area contributed by atoms with Crippen LogP contribution in [0.3, 0.4) is 0 Å². The zero-order chi connectivity index (χ0) is 13.0. The van der Waals surface area contributed by atoms with Gasteiger partial charge in [0, 0.05) is 28.3 Å². The van der Waals surface area contributed by atoms with E-state index < -0.39 is 0 Å². The molecule has 0 aliphatic heterocycles. The summed E-state index contributed by atoms with van der Waals surface area (Å²) in [5.41, 5.74) is 7.54. The second-order valence-corrected chi connectivity index (χ2v) is 4.93. The monoisotopic (exact) mass is 263 g/mol. The number of nitrogens with one attached hydrogen (secondary N) is 1. The number of pyridine rings is 1. The molecule has 0 aliphatic rings. The van der Waals surface area contributed by atoms with Gasteiger partial charge in [0.2, 0.25) is 0 Å². The van der Waals surface area contributed by atoms with Crippen LogP contribution in [0.2, 0.25) is 5.02 Å². The third-order valence-electron chi connectivity index (χ3n) is 2.95. The van der Waals surface area contributed by atoms with Gasteiger partial charge in [-0.15, -0.1) is 0 Å². The highest BCUT2D eigenvalue weighted by Crippen LogP contribution is 2.25. The molecule has 0 saturated carbocycles. The van der Waals surface area contributed by atoms with Gasteiger partial charge >= 0.3 is 0 Å². The van der Waals surface area contributed by atoms with Gasteiger partial charge in [-0.25, -0.2) is 0 Å². The zero-order valence-electron chi connectivity index (χ0n) is 10.5. The van der Waals surface area contributed by atoms with E-state index in [9.17, 15) is 0 Å². The highest BCUT2D eigenvalue weighted by molar-refractivity contribution is 6.31. The molecular formula is C14H18ClN3. The van der Waals surface area contributed by atoms with Crippen LogP contribution >= 0.6 is 11.6 Å². The van der Waals surface area contributed by atoms with Gasteiger partial charge in [0.15, 0.2) is 0 Å². The van der Waals surface area contributed by atoms with Crippen molar-refractivity contribution in [2.75, 3.05) is 11.9 Å². The minimum absolute atomic E-state index is 0.398. The molecule has 0 bridgehead atoms. The van der Waals surface area contributed by atoms with Gasteiger partial charge in [-0.1, -0.05) is 11.6 Å². The van der Waals surface area contributed by atoms with Crippen LogP contribution in [0, 0.1) is 0 Å². The number of nitrogens with two attached hydrogens (primary N) is 1. The molecule has 0 fully saturated rings. The minimum Gasteiger partial charge on any atom is -0.382 e. The van der Waals surface area contributed by atoms with Crippen LogP contribution in [0.25, 0.3) is 10.9 Å². The predicted molar refractivity (Wildman–Crippen MR) is 78.1 cm³/mol. The van der Waals surface area contributed by atoms with Crippen molar-refractivity contribution in [3.05, 3.63) is 35.5 Å². The third kappa shape index (κ3) is 3.12. The lowest BCUT2D eigenvalue weighted by molar-refractivity contribution is 0.663. The number of hydrogen-bond donors (Lipinski definition) is 2. The van der Waals surface area contributed by atoms with Crippen LogP contribution in [-0.2, 0) is 0 Å². The second-order valence-electron chi connectivity index (χ2n) is 4.50. The number of aromatic nitrogens is 1. The summed E-state index contributed by atoms with van der Waals surface area (Å²) < 4.78 is 0. The highest BCUT2D eigenvalue weighted by Gasteiger charge is 2.06. The fraction of sp³-hybridized carbons (Fsp3) is 0.357. The first-order valence-electron chi connectivity index (χ1n) is 6.21. The van der Waals surface area contributed by atoms with Gasteiger partial charge < -0.3 is 11.1 Å². The smallest absolute Gasteiger partial charge is 0.0737 e. The molecule has 1 aromatic carbocycles. The van der Waals surface area contributed by atoms with Gasteiger partial charge in [-0.05, 0) is 50.6 Å². The number of hydrogen-bond acceptors (Lipinski definition) is 3. The summed E-state index contributed by atoms with van der Waals surface area (Å²) in [5.74, 6) is 0. The van der Waals surface area contributed by atoms with E-state index in [0.29, 0.717) is 11.1 Å². The van der Waals surface area contributed by atoms with E-state index in [2.05, 4.69) is 17.2 Å². The van der Waals surface area contributed by atoms with Gasteiger partial charge in [0.05, 0.1) is 5.52 Å². The fourth-order valence-electron chi connectivity index (χ4n) is 2.01. The van der Waals surface area contributed by atoms with Crippen LogP contribution < -0.4 is 11.1 Å². The standard InChI is InChI=1S/C14H18ClN3/c1-10(3-2-7-16)18-13-6-8-17-14-9-11(15)4-5-12(13)14/h4-6,8-10H,2-3,7,16H2,1H3,(H,17,18). The largest absolute Gasteiger partial charge is 0.382 e. The normalized spacial score (nSPS) is 12.6. The van der Waals surface area contributed by atoms with Gasteiger partial charge in [0.1, 0.15) is 0 Å². The SMILES string of the molecule is CC(CCCN)Nc1ccnc2cc(Cl)ccc12. The van der Waals surface area contributed by atoms with Crippen molar-refractivity contribution in [1.82, 2.24) is 4.98 Å². The average molecular weight is 264 g/mol. The topological polar surface area (TPSA) is 50.9 Å². The molecule has 4 heteroatoms. The molecule has 2 rings (SSSR count). The summed E-state index contributed by atoms with van der Waals surface area (Å²) in [5, 5.41) is 5.31. The van der Waals surface area contributed by atoms with E-state index in [1.54, 1.807) is 6.20 Å². The third-order valence-corrected chi connectivity index (χ3v) is 3.18. The molecule has 1 aromatic heterocycles. The maximum Gasteiger partial charge on any atom is 0.0737 e. The second kappa shape index (κ2) is 6.03. The van der Waals surface area contributed by atoms with Crippen molar-refractivity contribution < 1.29 is 0 Å². The van der Waals surface area contributed by atoms with Gasteiger partial charge in [0.25, 0.3) is 0 Å². The summed E-state index contributed by atoms with van der Waals surface area (Å²) in [6.45, 7) is 2.90. The zero-order valence-corrected chi connectivity index (χ0v) is 11.2. The molecule has 18 heavy (non-hydrogen) atoms. The maximum absolute atomic E-state index is 5.97. The number of halogens is 1. The number of benzene rings is 1. The van der Waals surface area contributed by atoms with Crippen molar-refractivity contribution in [1.29, 1.82) is 0 Å². The average Bonchev–Trinajstić information content (AvgIpc) is 2.36. The lowest BCUT2D eigenvalue weighted by Crippen LogP contribution is -2.16. The highest BCUT2D eigenvalue weighted by atomic mass is 35.5. The Kier molecular flexibility index (Phi) is 4.39. The van der Waals surface area contributed by atoms with Crippen molar-refractivity contribution >= 4 is 28.2 Å². The van der Waals surface area contributed by atoms with Crippen molar-refractivity contribution in [3.8, 4) is 0 Å². The molecular weight excluding hydrogens is 246 g/mol. The first-order valence-corrected chi connectivity index (χ1v) is 6.59. The van der Waals surface area contributed by atoms with Crippen LogP contribution in [0.5, 0.6) is 0 Å². The summed E-state index contributed by atoms with van der Waals surface area (Å²) >= 11 is 5.97. The Balaban J connectivity index is 2.22. The first-order chi connectivity index (χ1) is 8.70. The fourth-order valence-corrected chi connectivity index (χ4v) is 2.18. The van der Waals surface area contributed by atoms with Crippen LogP contribution in [0.1, 0.15) is 19.8 Å². The molecule has 0 saturated heterocycles. The molecule has 1 unspecified atom stereocenters. The van der Waals surface area contributed by atoms with Gasteiger partial charge in [-0.3, -0.25) is 4.98 Å². The van der Waals surface area contributed by atoms with E-state index in [1.165, 1.54) is 0 Å². The molecule has 1 heterocycles. The Labute approximate surface area is 112 Å². The van der Waals surface area contributed by atoms with Crippen molar-refractivity contribution in [2.45, 2.75) is 25.8 Å².